The molecule has 0 aliphatic heterocycles. The summed E-state index contributed by atoms with van der Waals surface area (Å²) >= 11 is 1.44. The number of nitrogens with two attached hydrogens (primary N) is 2. The minimum Gasteiger partial charge on any atom is -0.508 e. The van der Waals surface area contributed by atoms with Gasteiger partial charge in [0.1, 0.15) is 17.8 Å². The summed E-state index contributed by atoms with van der Waals surface area (Å²) in [6, 6.07) is 11.4. The second kappa shape index (κ2) is 16.5. The van der Waals surface area contributed by atoms with E-state index in [4.69, 9.17) is 11.5 Å². The normalized spacial score (nSPS) is 13.2. The molecule has 0 radical (unpaired) electrons. The SMILES string of the molecule is CSCCC(NC(=O)C(Cc1ccccc1)N(C(=O)CCCCN)C(=O)C(N)Cc1ccc(O)cc1)C(=O)O. The van der Waals surface area contributed by atoms with Crippen molar-refractivity contribution in [3.8, 4) is 5.75 Å². The number of hydrogen-bond acceptors (Lipinski definition) is 8. The fraction of sp³-hybridized carbons (Fsp3) is 0.429. The van der Waals surface area contributed by atoms with Gasteiger partial charge in [-0.25, -0.2) is 4.79 Å². The van der Waals surface area contributed by atoms with Gasteiger partial charge in [-0.3, -0.25) is 19.3 Å². The monoisotopic (exact) mass is 558 g/mol. The predicted molar refractivity (Wildman–Crippen MR) is 151 cm³/mol. The highest BCUT2D eigenvalue weighted by Gasteiger charge is 2.38. The third-order valence-corrected chi connectivity index (χ3v) is 6.82. The summed E-state index contributed by atoms with van der Waals surface area (Å²) in [5.41, 5.74) is 13.2. The molecule has 39 heavy (non-hydrogen) atoms. The van der Waals surface area contributed by atoms with Crippen LogP contribution in [0.4, 0.5) is 0 Å². The van der Waals surface area contributed by atoms with Crippen LogP contribution in [0.5, 0.6) is 5.75 Å². The first-order valence-electron chi connectivity index (χ1n) is 12.8. The molecule has 10 nitrogen and oxygen atoms in total. The number of amides is 3. The summed E-state index contributed by atoms with van der Waals surface area (Å²) in [6.07, 6.45) is 3.00. The Balaban J connectivity index is 2.44. The molecule has 2 aromatic carbocycles. The van der Waals surface area contributed by atoms with Gasteiger partial charge in [0, 0.05) is 12.8 Å². The second-order valence-electron chi connectivity index (χ2n) is 9.21. The molecule has 3 amide bonds. The third-order valence-electron chi connectivity index (χ3n) is 6.17. The number of carbonyl (C=O) groups is 4. The third kappa shape index (κ3) is 10.3. The van der Waals surface area contributed by atoms with Gasteiger partial charge >= 0.3 is 5.97 Å². The van der Waals surface area contributed by atoms with Gasteiger partial charge in [0.05, 0.1) is 6.04 Å². The van der Waals surface area contributed by atoms with Crippen molar-refractivity contribution in [3.05, 3.63) is 65.7 Å². The van der Waals surface area contributed by atoms with Crippen LogP contribution in [0.25, 0.3) is 0 Å². The van der Waals surface area contributed by atoms with E-state index in [9.17, 15) is 29.4 Å². The van der Waals surface area contributed by atoms with Gasteiger partial charge in [0.2, 0.25) is 17.7 Å². The fourth-order valence-electron chi connectivity index (χ4n) is 4.04. The van der Waals surface area contributed by atoms with Crippen molar-refractivity contribution in [3.63, 3.8) is 0 Å². The number of carboxylic acids is 1. The Labute approximate surface area is 233 Å². The lowest BCUT2D eigenvalue weighted by Crippen LogP contribution is -2.59. The van der Waals surface area contributed by atoms with Gasteiger partial charge in [-0.15, -0.1) is 0 Å². The molecule has 212 valence electrons. The lowest BCUT2D eigenvalue weighted by atomic mass is 9.99. The van der Waals surface area contributed by atoms with Crippen molar-refractivity contribution in [2.24, 2.45) is 11.5 Å². The van der Waals surface area contributed by atoms with E-state index in [-0.39, 0.29) is 31.4 Å². The van der Waals surface area contributed by atoms with Crippen LogP contribution in [0.2, 0.25) is 0 Å². The van der Waals surface area contributed by atoms with Gasteiger partial charge in [0.15, 0.2) is 0 Å². The van der Waals surface area contributed by atoms with Gasteiger partial charge in [-0.1, -0.05) is 42.5 Å². The van der Waals surface area contributed by atoms with Crippen LogP contribution in [-0.4, -0.2) is 75.5 Å². The van der Waals surface area contributed by atoms with Crippen LogP contribution in [-0.2, 0) is 32.0 Å². The number of aliphatic carboxylic acids is 1. The summed E-state index contributed by atoms with van der Waals surface area (Å²) in [6.45, 7) is 0.366. The molecule has 3 atom stereocenters. The molecule has 0 bridgehead atoms. The van der Waals surface area contributed by atoms with E-state index in [0.29, 0.717) is 36.3 Å². The van der Waals surface area contributed by atoms with Gasteiger partial charge in [-0.05, 0) is 67.5 Å². The molecule has 0 saturated heterocycles. The van der Waals surface area contributed by atoms with Crippen LogP contribution in [0.3, 0.4) is 0 Å². The molecule has 0 saturated carbocycles. The number of hydrogen-bond donors (Lipinski definition) is 5. The zero-order valence-electron chi connectivity index (χ0n) is 22.1. The minimum atomic E-state index is -1.31. The lowest BCUT2D eigenvalue weighted by Gasteiger charge is -2.32. The summed E-state index contributed by atoms with van der Waals surface area (Å²) in [4.78, 5) is 53.5. The highest BCUT2D eigenvalue weighted by Crippen LogP contribution is 2.17. The quantitative estimate of drug-likeness (QED) is 0.192. The number of carboxylic acid groups (broad SMARTS) is 1. The first kappa shape index (κ1) is 31.8. The van der Waals surface area contributed by atoms with E-state index in [1.165, 1.54) is 23.9 Å². The van der Waals surface area contributed by atoms with E-state index in [1.807, 2.05) is 6.26 Å². The first-order chi connectivity index (χ1) is 18.7. The van der Waals surface area contributed by atoms with E-state index < -0.39 is 41.8 Å². The number of phenols is 1. The number of thioether (sulfide) groups is 1. The summed E-state index contributed by atoms with van der Waals surface area (Å²) < 4.78 is 0. The highest BCUT2D eigenvalue weighted by molar-refractivity contribution is 7.98. The van der Waals surface area contributed by atoms with Crippen molar-refractivity contribution in [1.29, 1.82) is 0 Å². The molecule has 3 unspecified atom stereocenters. The van der Waals surface area contributed by atoms with Gasteiger partial charge < -0.3 is 27.0 Å². The Morgan fingerprint density at radius 1 is 0.974 bits per heavy atom. The zero-order valence-corrected chi connectivity index (χ0v) is 22.9. The van der Waals surface area contributed by atoms with Crippen LogP contribution in [0.15, 0.2) is 54.6 Å². The van der Waals surface area contributed by atoms with Crippen molar-refractivity contribution < 1.29 is 29.4 Å². The Kier molecular flexibility index (Phi) is 13.5. The molecule has 2 rings (SSSR count). The number of nitrogens with one attached hydrogen (secondary N) is 1. The van der Waals surface area contributed by atoms with Gasteiger partial charge in [-0.2, -0.15) is 11.8 Å². The Hall–Kier alpha value is -3.41. The number of rotatable bonds is 16. The van der Waals surface area contributed by atoms with E-state index >= 15 is 0 Å². The second-order valence-corrected chi connectivity index (χ2v) is 10.2. The highest BCUT2D eigenvalue weighted by atomic mass is 32.2. The smallest absolute Gasteiger partial charge is 0.326 e. The van der Waals surface area contributed by atoms with E-state index in [2.05, 4.69) is 5.32 Å². The number of unbranched alkanes of at least 4 members (excludes halogenated alkanes) is 1. The maximum atomic E-state index is 13.7. The van der Waals surface area contributed by atoms with Crippen LogP contribution in [0.1, 0.15) is 36.8 Å². The molecule has 0 aromatic heterocycles. The van der Waals surface area contributed by atoms with E-state index in [0.717, 1.165) is 4.90 Å². The number of aromatic hydroxyl groups is 1. The number of benzene rings is 2. The summed E-state index contributed by atoms with van der Waals surface area (Å²) in [7, 11) is 0. The topological polar surface area (TPSA) is 176 Å². The molecule has 0 fully saturated rings. The molecule has 7 N–H and O–H groups in total. The minimum absolute atomic E-state index is 0.0121. The standard InChI is InChI=1S/C28H38N4O6S/c1-39-16-14-23(28(37)38)31-26(35)24(18-19-7-3-2-4-8-19)32(25(34)9-5-6-15-29)27(36)22(30)17-20-10-12-21(33)13-11-20/h2-4,7-8,10-13,22-24,33H,5-6,9,14-18,29-30H2,1H3,(H,31,35)(H,37,38). The maximum absolute atomic E-state index is 13.7. The maximum Gasteiger partial charge on any atom is 0.326 e. The zero-order chi connectivity index (χ0) is 28.8. The first-order valence-corrected chi connectivity index (χ1v) is 14.2. The average Bonchev–Trinajstić information content (AvgIpc) is 2.92. The van der Waals surface area contributed by atoms with Crippen LogP contribution >= 0.6 is 11.8 Å². The van der Waals surface area contributed by atoms with Crippen molar-refractivity contribution in [2.45, 2.75) is 56.7 Å². The summed E-state index contributed by atoms with van der Waals surface area (Å²) in [5.74, 6) is -2.71. The Morgan fingerprint density at radius 2 is 1.62 bits per heavy atom. The Bertz CT molecular complexity index is 1080. The molecule has 0 spiro atoms. The molecular formula is C28H38N4O6S. The van der Waals surface area contributed by atoms with E-state index in [1.54, 1.807) is 42.5 Å². The van der Waals surface area contributed by atoms with Crippen LogP contribution < -0.4 is 16.8 Å². The predicted octanol–water partition coefficient (Wildman–Crippen LogP) is 1.68. The van der Waals surface area contributed by atoms with Crippen LogP contribution in [0, 0.1) is 0 Å². The molecule has 2 aromatic rings. The average molecular weight is 559 g/mol. The molecular weight excluding hydrogens is 520 g/mol. The number of imide groups is 1. The fourth-order valence-corrected chi connectivity index (χ4v) is 4.51. The number of phenolic OH excluding ortho intramolecular Hbond substituents is 1. The van der Waals surface area contributed by atoms with Crippen molar-refractivity contribution in [1.82, 2.24) is 10.2 Å². The van der Waals surface area contributed by atoms with Crippen molar-refractivity contribution >= 4 is 35.5 Å². The molecule has 11 heteroatoms. The largest absolute Gasteiger partial charge is 0.508 e. The Morgan fingerprint density at radius 3 is 2.21 bits per heavy atom. The molecule has 0 heterocycles. The van der Waals surface area contributed by atoms with Crippen molar-refractivity contribution in [2.75, 3.05) is 18.6 Å². The lowest BCUT2D eigenvalue weighted by molar-refractivity contribution is -0.153. The van der Waals surface area contributed by atoms with Gasteiger partial charge in [0.25, 0.3) is 0 Å². The molecule has 0 aliphatic carbocycles. The summed E-state index contributed by atoms with van der Waals surface area (Å²) in [5, 5.41) is 21.8. The number of nitrogens with zero attached hydrogens (tertiary/aromatic N) is 1. The number of carbonyl (C=O) groups excluding carboxylic acids is 3. The molecule has 0 aliphatic rings.